The van der Waals surface area contributed by atoms with Gasteiger partial charge in [-0.25, -0.2) is 13.4 Å². The van der Waals surface area contributed by atoms with E-state index in [2.05, 4.69) is 39.6 Å². The SMILES string of the molecule is Cc1nc(S(=O)(=O)N2CCC(C(=O)NCC(c3cccs3)N3CCC(C)CC3)CC2)cn1C. The van der Waals surface area contributed by atoms with E-state index >= 15 is 0 Å². The summed E-state index contributed by atoms with van der Waals surface area (Å²) in [7, 11) is -1.84. The van der Waals surface area contributed by atoms with Gasteiger partial charge in [-0.15, -0.1) is 11.3 Å². The number of aryl methyl sites for hydroxylation is 2. The molecule has 2 aromatic heterocycles. The average Bonchev–Trinajstić information content (AvgIpc) is 3.45. The topological polar surface area (TPSA) is 87.5 Å². The average molecular weight is 494 g/mol. The number of carbonyl (C=O) groups is 1. The van der Waals surface area contributed by atoms with Gasteiger partial charge in [0.2, 0.25) is 5.91 Å². The van der Waals surface area contributed by atoms with Gasteiger partial charge in [-0.2, -0.15) is 4.31 Å². The van der Waals surface area contributed by atoms with E-state index in [-0.39, 0.29) is 22.9 Å². The van der Waals surface area contributed by atoms with Crippen molar-refractivity contribution in [2.75, 3.05) is 32.7 Å². The monoisotopic (exact) mass is 493 g/mol. The molecule has 2 fully saturated rings. The smallest absolute Gasteiger partial charge is 0.262 e. The first-order valence-corrected chi connectivity index (χ1v) is 14.1. The van der Waals surface area contributed by atoms with Crippen LogP contribution in [0, 0.1) is 18.8 Å². The number of sulfonamides is 1. The van der Waals surface area contributed by atoms with Crippen LogP contribution in [0.5, 0.6) is 0 Å². The largest absolute Gasteiger partial charge is 0.354 e. The van der Waals surface area contributed by atoms with Crippen LogP contribution in [0.4, 0.5) is 0 Å². The number of hydrogen-bond acceptors (Lipinski definition) is 6. The molecule has 2 aliphatic heterocycles. The van der Waals surface area contributed by atoms with Crippen molar-refractivity contribution in [1.82, 2.24) is 24.1 Å². The molecule has 0 bridgehead atoms. The first-order chi connectivity index (χ1) is 15.8. The van der Waals surface area contributed by atoms with Crippen molar-refractivity contribution in [2.45, 2.75) is 50.6 Å². The molecule has 0 saturated carbocycles. The lowest BCUT2D eigenvalue weighted by Gasteiger charge is -2.37. The van der Waals surface area contributed by atoms with Crippen molar-refractivity contribution < 1.29 is 13.2 Å². The van der Waals surface area contributed by atoms with Crippen molar-refractivity contribution in [3.05, 3.63) is 34.4 Å². The summed E-state index contributed by atoms with van der Waals surface area (Å²) in [5.41, 5.74) is 0. The van der Waals surface area contributed by atoms with Crippen molar-refractivity contribution >= 4 is 27.3 Å². The van der Waals surface area contributed by atoms with Crippen LogP contribution < -0.4 is 5.32 Å². The number of hydrogen-bond donors (Lipinski definition) is 1. The highest BCUT2D eigenvalue weighted by Crippen LogP contribution is 2.29. The molecule has 1 N–H and O–H groups in total. The molecule has 0 aliphatic carbocycles. The Bertz CT molecular complexity index is 1010. The van der Waals surface area contributed by atoms with E-state index in [9.17, 15) is 13.2 Å². The van der Waals surface area contributed by atoms with Crippen LogP contribution in [-0.4, -0.2) is 65.8 Å². The zero-order chi connectivity index (χ0) is 23.6. The molecule has 0 aromatic carbocycles. The van der Waals surface area contributed by atoms with Gasteiger partial charge in [-0.05, 0) is 63.1 Å². The number of aromatic nitrogens is 2. The van der Waals surface area contributed by atoms with E-state index in [4.69, 9.17) is 0 Å². The molecule has 33 heavy (non-hydrogen) atoms. The summed E-state index contributed by atoms with van der Waals surface area (Å²) < 4.78 is 29.0. The molecular weight excluding hydrogens is 458 g/mol. The molecule has 2 aliphatic rings. The Labute approximate surface area is 201 Å². The zero-order valence-electron chi connectivity index (χ0n) is 19.7. The summed E-state index contributed by atoms with van der Waals surface area (Å²) in [5.74, 6) is 1.29. The van der Waals surface area contributed by atoms with Crippen molar-refractivity contribution in [1.29, 1.82) is 0 Å². The fourth-order valence-electron chi connectivity index (χ4n) is 4.71. The standard InChI is InChI=1S/C23H35N5O3S2/c1-17-6-10-27(11-7-17)20(21-5-4-14-32-21)15-24-23(29)19-8-12-28(13-9-19)33(30,31)22-16-26(3)18(2)25-22/h4-5,14,16-17,19-20H,6-13,15H2,1-3H3,(H,24,29). The van der Waals surface area contributed by atoms with Crippen LogP contribution in [-0.2, 0) is 21.9 Å². The molecule has 2 saturated heterocycles. The molecule has 1 amide bonds. The number of carbonyl (C=O) groups excluding carboxylic acids is 1. The number of thiophene rings is 1. The highest BCUT2D eigenvalue weighted by molar-refractivity contribution is 7.89. The predicted octanol–water partition coefficient (Wildman–Crippen LogP) is 2.78. The molecule has 1 unspecified atom stereocenters. The maximum atomic E-state index is 13.0. The summed E-state index contributed by atoms with van der Waals surface area (Å²) in [6.07, 6.45) is 5.00. The van der Waals surface area contributed by atoms with Crippen molar-refractivity contribution in [2.24, 2.45) is 18.9 Å². The van der Waals surface area contributed by atoms with E-state index in [0.717, 1.165) is 19.0 Å². The van der Waals surface area contributed by atoms with E-state index < -0.39 is 10.0 Å². The molecule has 1 atom stereocenters. The van der Waals surface area contributed by atoms with Crippen molar-refractivity contribution in [3.63, 3.8) is 0 Å². The van der Waals surface area contributed by atoms with Crippen LogP contribution >= 0.6 is 11.3 Å². The normalized spacial score (nSPS) is 20.7. The predicted molar refractivity (Wildman–Crippen MR) is 129 cm³/mol. The molecule has 2 aromatic rings. The van der Waals surface area contributed by atoms with Crippen LogP contribution in [0.3, 0.4) is 0 Å². The first-order valence-electron chi connectivity index (χ1n) is 11.8. The van der Waals surface area contributed by atoms with Gasteiger partial charge in [-0.3, -0.25) is 9.69 Å². The third-order valence-corrected chi connectivity index (χ3v) is 9.86. The lowest BCUT2D eigenvalue weighted by atomic mass is 9.96. The maximum absolute atomic E-state index is 13.0. The van der Waals surface area contributed by atoms with Crippen LogP contribution in [0.25, 0.3) is 0 Å². The lowest BCUT2D eigenvalue weighted by Crippen LogP contribution is -2.45. The summed E-state index contributed by atoms with van der Waals surface area (Å²) in [6, 6.07) is 4.43. The Morgan fingerprint density at radius 1 is 1.21 bits per heavy atom. The minimum atomic E-state index is -3.62. The minimum Gasteiger partial charge on any atom is -0.354 e. The third-order valence-electron chi connectivity index (χ3n) is 7.12. The van der Waals surface area contributed by atoms with E-state index in [1.54, 1.807) is 36.1 Å². The van der Waals surface area contributed by atoms with Crippen molar-refractivity contribution in [3.8, 4) is 0 Å². The summed E-state index contributed by atoms with van der Waals surface area (Å²) >= 11 is 1.74. The number of piperidine rings is 2. The van der Waals surface area contributed by atoms with E-state index in [0.29, 0.717) is 38.3 Å². The lowest BCUT2D eigenvalue weighted by molar-refractivity contribution is -0.126. The van der Waals surface area contributed by atoms with Crippen LogP contribution in [0.15, 0.2) is 28.7 Å². The van der Waals surface area contributed by atoms with Gasteiger partial charge in [0.1, 0.15) is 5.82 Å². The Hall–Kier alpha value is -1.75. The molecule has 8 nitrogen and oxygen atoms in total. The Morgan fingerprint density at radius 3 is 2.48 bits per heavy atom. The number of likely N-dealkylation sites (tertiary alicyclic amines) is 1. The van der Waals surface area contributed by atoms with Gasteiger partial charge in [0, 0.05) is 43.7 Å². The molecule has 0 radical (unpaired) electrons. The maximum Gasteiger partial charge on any atom is 0.262 e. The fourth-order valence-corrected chi connectivity index (χ4v) is 7.07. The van der Waals surface area contributed by atoms with E-state index in [1.807, 2.05) is 0 Å². The Kier molecular flexibility index (Phi) is 7.57. The highest BCUT2D eigenvalue weighted by Gasteiger charge is 2.34. The molecule has 0 spiro atoms. The molecule has 10 heteroatoms. The second-order valence-corrected chi connectivity index (χ2v) is 12.3. The summed E-state index contributed by atoms with van der Waals surface area (Å²) in [4.78, 5) is 20.9. The zero-order valence-corrected chi connectivity index (χ0v) is 21.4. The van der Waals surface area contributed by atoms with Gasteiger partial charge < -0.3 is 9.88 Å². The number of amides is 1. The van der Waals surface area contributed by atoms with Gasteiger partial charge in [-0.1, -0.05) is 13.0 Å². The minimum absolute atomic E-state index is 0.0349. The Morgan fingerprint density at radius 2 is 1.91 bits per heavy atom. The number of nitrogens with one attached hydrogen (secondary N) is 1. The van der Waals surface area contributed by atoms with Crippen LogP contribution in [0.1, 0.15) is 49.4 Å². The first kappa shape index (κ1) is 24.4. The summed E-state index contributed by atoms with van der Waals surface area (Å²) in [6.45, 7) is 7.48. The molecule has 182 valence electrons. The second kappa shape index (κ2) is 10.2. The Balaban J connectivity index is 1.33. The molecule has 4 heterocycles. The van der Waals surface area contributed by atoms with Gasteiger partial charge in [0.05, 0.1) is 6.04 Å². The number of nitrogens with zero attached hydrogens (tertiary/aromatic N) is 4. The number of imidazole rings is 1. The molecular formula is C23H35N5O3S2. The third kappa shape index (κ3) is 5.50. The van der Waals surface area contributed by atoms with Crippen LogP contribution in [0.2, 0.25) is 0 Å². The quantitative estimate of drug-likeness (QED) is 0.641. The van der Waals surface area contributed by atoms with E-state index in [1.165, 1.54) is 22.0 Å². The number of rotatable bonds is 7. The van der Waals surface area contributed by atoms with Gasteiger partial charge in [0.15, 0.2) is 5.03 Å². The van der Waals surface area contributed by atoms with Gasteiger partial charge >= 0.3 is 0 Å². The second-order valence-electron chi connectivity index (χ2n) is 9.41. The summed E-state index contributed by atoms with van der Waals surface area (Å²) in [5, 5.41) is 5.36. The molecule has 4 rings (SSSR count). The fraction of sp³-hybridized carbons (Fsp3) is 0.652. The highest BCUT2D eigenvalue weighted by atomic mass is 32.2. The van der Waals surface area contributed by atoms with Gasteiger partial charge in [0.25, 0.3) is 10.0 Å².